The first-order valence-corrected chi connectivity index (χ1v) is 7.30. The summed E-state index contributed by atoms with van der Waals surface area (Å²) in [5.74, 6) is 2.73. The fourth-order valence-corrected chi connectivity index (χ4v) is 2.76. The summed E-state index contributed by atoms with van der Waals surface area (Å²) in [6, 6.07) is 11.1. The zero-order chi connectivity index (χ0) is 14.7. The second-order valence-electron chi connectivity index (χ2n) is 4.36. The van der Waals surface area contributed by atoms with Crippen molar-refractivity contribution >= 4 is 17.4 Å². The van der Waals surface area contributed by atoms with Crippen LogP contribution < -0.4 is 10.5 Å². The molecule has 2 heterocycles. The van der Waals surface area contributed by atoms with Gasteiger partial charge in [-0.1, -0.05) is 5.16 Å². The van der Waals surface area contributed by atoms with Crippen LogP contribution in [0.1, 0.15) is 5.69 Å². The number of thioether (sulfide) groups is 1. The monoisotopic (exact) mass is 302 g/mol. The number of aromatic nitrogens is 1. The molecule has 0 saturated carbocycles. The third-order valence-corrected chi connectivity index (χ3v) is 3.97. The Bertz CT molecular complexity index is 722. The Morgan fingerprint density at radius 1 is 1.24 bits per heavy atom. The van der Waals surface area contributed by atoms with Gasteiger partial charge in [-0.2, -0.15) is 0 Å². The van der Waals surface area contributed by atoms with Crippen molar-refractivity contribution in [1.29, 1.82) is 0 Å². The Labute approximate surface area is 126 Å². The summed E-state index contributed by atoms with van der Waals surface area (Å²) in [6.45, 7) is 0. The van der Waals surface area contributed by atoms with Crippen LogP contribution in [0.3, 0.4) is 0 Å². The molecule has 6 heteroatoms. The van der Waals surface area contributed by atoms with Crippen molar-refractivity contribution in [2.45, 2.75) is 10.6 Å². The first kappa shape index (κ1) is 13.6. The van der Waals surface area contributed by atoms with Crippen LogP contribution >= 0.6 is 11.8 Å². The van der Waals surface area contributed by atoms with Crippen molar-refractivity contribution in [2.75, 3.05) is 12.8 Å². The average Bonchev–Trinajstić information content (AvgIpc) is 3.16. The second kappa shape index (κ2) is 5.97. The third-order valence-electron chi connectivity index (χ3n) is 2.89. The Hall–Kier alpha value is -2.34. The van der Waals surface area contributed by atoms with Crippen LogP contribution in [0, 0.1) is 0 Å². The predicted octanol–water partition coefficient (Wildman–Crippen LogP) is 3.82. The van der Waals surface area contributed by atoms with Crippen molar-refractivity contribution in [3.63, 3.8) is 0 Å². The second-order valence-corrected chi connectivity index (χ2v) is 5.38. The first-order valence-electron chi connectivity index (χ1n) is 6.32. The van der Waals surface area contributed by atoms with Crippen LogP contribution in [0.5, 0.6) is 5.75 Å². The normalized spacial score (nSPS) is 10.7. The lowest BCUT2D eigenvalue weighted by molar-refractivity contribution is 0.405. The average molecular weight is 302 g/mol. The summed E-state index contributed by atoms with van der Waals surface area (Å²) >= 11 is 1.61. The summed E-state index contributed by atoms with van der Waals surface area (Å²) in [4.78, 5) is 1.01. The highest BCUT2D eigenvalue weighted by atomic mass is 32.2. The molecule has 0 unspecified atom stereocenters. The van der Waals surface area contributed by atoms with Crippen LogP contribution in [0.15, 0.2) is 56.5 Å². The Morgan fingerprint density at radius 3 is 2.90 bits per heavy atom. The summed E-state index contributed by atoms with van der Waals surface area (Å²) in [7, 11) is 1.63. The molecule has 2 N–H and O–H groups in total. The number of rotatable bonds is 5. The highest BCUT2D eigenvalue weighted by molar-refractivity contribution is 7.98. The van der Waals surface area contributed by atoms with E-state index >= 15 is 0 Å². The van der Waals surface area contributed by atoms with Gasteiger partial charge in [-0.05, 0) is 24.3 Å². The Kier molecular flexibility index (Phi) is 3.87. The molecule has 3 aromatic rings. The molecule has 0 fully saturated rings. The zero-order valence-corrected chi connectivity index (χ0v) is 12.2. The van der Waals surface area contributed by atoms with Crippen LogP contribution in [0.2, 0.25) is 0 Å². The van der Waals surface area contributed by atoms with Crippen LogP contribution in [-0.4, -0.2) is 12.3 Å². The number of nitrogens with two attached hydrogens (primary N) is 1. The molecule has 1 aromatic carbocycles. The van der Waals surface area contributed by atoms with E-state index in [4.69, 9.17) is 19.4 Å². The number of ether oxygens (including phenoxy) is 1. The smallest absolute Gasteiger partial charge is 0.202 e. The fraction of sp³-hybridized carbons (Fsp3) is 0.133. The highest BCUT2D eigenvalue weighted by Crippen LogP contribution is 2.33. The lowest BCUT2D eigenvalue weighted by Gasteiger charge is -2.07. The van der Waals surface area contributed by atoms with E-state index < -0.39 is 0 Å². The van der Waals surface area contributed by atoms with Gasteiger partial charge in [-0.15, -0.1) is 11.8 Å². The molecule has 0 spiro atoms. The molecule has 0 aliphatic carbocycles. The van der Waals surface area contributed by atoms with Crippen molar-refractivity contribution in [3.8, 4) is 17.3 Å². The minimum atomic E-state index is 0.625. The summed E-state index contributed by atoms with van der Waals surface area (Å²) < 4.78 is 15.9. The van der Waals surface area contributed by atoms with Crippen LogP contribution in [0.4, 0.5) is 5.69 Å². The highest BCUT2D eigenvalue weighted by Gasteiger charge is 2.11. The summed E-state index contributed by atoms with van der Waals surface area (Å²) in [5, 5.41) is 4.04. The maximum atomic E-state index is 5.74. The van der Waals surface area contributed by atoms with E-state index in [1.54, 1.807) is 31.2 Å². The molecule has 0 saturated heterocycles. The number of methoxy groups -OCH3 is 1. The molecular formula is C15H14N2O3S. The fourth-order valence-electron chi connectivity index (χ4n) is 1.87. The Morgan fingerprint density at radius 2 is 2.14 bits per heavy atom. The number of hydrogen-bond donors (Lipinski definition) is 1. The van der Waals surface area contributed by atoms with Crippen molar-refractivity contribution < 1.29 is 13.7 Å². The number of benzene rings is 1. The van der Waals surface area contributed by atoms with Crippen molar-refractivity contribution in [1.82, 2.24) is 5.16 Å². The molecule has 0 amide bonds. The van der Waals surface area contributed by atoms with Gasteiger partial charge in [0, 0.05) is 28.5 Å². The minimum Gasteiger partial charge on any atom is -0.496 e. The number of nitrogen functional groups attached to an aromatic ring is 1. The van der Waals surface area contributed by atoms with Gasteiger partial charge in [0.1, 0.15) is 5.75 Å². The molecule has 0 radical (unpaired) electrons. The Balaban J connectivity index is 1.71. The molecule has 3 rings (SSSR count). The van der Waals surface area contributed by atoms with Crippen LogP contribution in [0.25, 0.3) is 11.5 Å². The van der Waals surface area contributed by atoms with Gasteiger partial charge in [0.25, 0.3) is 0 Å². The zero-order valence-electron chi connectivity index (χ0n) is 11.4. The molecular weight excluding hydrogens is 288 g/mol. The van der Waals surface area contributed by atoms with Gasteiger partial charge in [-0.25, -0.2) is 0 Å². The van der Waals surface area contributed by atoms with Gasteiger partial charge < -0.3 is 19.4 Å². The predicted molar refractivity (Wildman–Crippen MR) is 81.2 cm³/mol. The quantitative estimate of drug-likeness (QED) is 0.570. The topological polar surface area (TPSA) is 74.4 Å². The van der Waals surface area contributed by atoms with E-state index in [2.05, 4.69) is 5.16 Å². The number of furan rings is 1. The largest absolute Gasteiger partial charge is 0.496 e. The van der Waals surface area contributed by atoms with E-state index in [1.165, 1.54) is 0 Å². The number of anilines is 1. The standard InChI is InChI=1S/C15H14N2O3S/c1-18-14-7-10(16)4-5-15(14)21-9-11-8-13(20-17-11)12-3-2-6-19-12/h2-8H,9,16H2,1H3. The van der Waals surface area contributed by atoms with E-state index in [0.717, 1.165) is 16.3 Å². The minimum absolute atomic E-state index is 0.625. The maximum absolute atomic E-state index is 5.74. The maximum Gasteiger partial charge on any atom is 0.202 e. The summed E-state index contributed by atoms with van der Waals surface area (Å²) in [6.07, 6.45) is 1.60. The third kappa shape index (κ3) is 3.05. The van der Waals surface area contributed by atoms with Gasteiger partial charge >= 0.3 is 0 Å². The number of nitrogens with zero attached hydrogens (tertiary/aromatic N) is 1. The number of hydrogen-bond acceptors (Lipinski definition) is 6. The molecule has 0 aliphatic heterocycles. The molecule has 21 heavy (non-hydrogen) atoms. The van der Waals surface area contributed by atoms with E-state index in [9.17, 15) is 0 Å². The molecule has 0 bridgehead atoms. The first-order chi connectivity index (χ1) is 10.3. The van der Waals surface area contributed by atoms with Gasteiger partial charge in [-0.3, -0.25) is 0 Å². The van der Waals surface area contributed by atoms with E-state index in [-0.39, 0.29) is 0 Å². The molecule has 0 aliphatic rings. The van der Waals surface area contributed by atoms with E-state index in [0.29, 0.717) is 23.0 Å². The van der Waals surface area contributed by atoms with Gasteiger partial charge in [0.2, 0.25) is 5.76 Å². The van der Waals surface area contributed by atoms with Gasteiger partial charge in [0.15, 0.2) is 5.76 Å². The molecule has 2 aromatic heterocycles. The van der Waals surface area contributed by atoms with Crippen LogP contribution in [-0.2, 0) is 5.75 Å². The molecule has 0 atom stereocenters. The summed E-state index contributed by atoms with van der Waals surface area (Å²) in [5.41, 5.74) is 7.26. The molecule has 108 valence electrons. The SMILES string of the molecule is COc1cc(N)ccc1SCc1cc(-c2ccco2)on1. The van der Waals surface area contributed by atoms with Crippen molar-refractivity contribution in [3.05, 3.63) is 48.4 Å². The lowest BCUT2D eigenvalue weighted by Crippen LogP contribution is -1.90. The van der Waals surface area contributed by atoms with E-state index in [1.807, 2.05) is 30.3 Å². The van der Waals surface area contributed by atoms with Gasteiger partial charge in [0.05, 0.1) is 19.1 Å². The lowest BCUT2D eigenvalue weighted by atomic mass is 10.3. The van der Waals surface area contributed by atoms with Crippen molar-refractivity contribution in [2.24, 2.45) is 0 Å². The molecule has 5 nitrogen and oxygen atoms in total.